The minimum atomic E-state index is 0.199. The summed E-state index contributed by atoms with van der Waals surface area (Å²) >= 11 is 4.94. The average molecular weight is 194 g/mol. The normalized spacial score (nSPS) is 14.9. The van der Waals surface area contributed by atoms with Gasteiger partial charge in [-0.3, -0.25) is 4.98 Å². The maximum atomic E-state index is 5.58. The van der Waals surface area contributed by atoms with Crippen molar-refractivity contribution in [2.75, 3.05) is 0 Å². The smallest absolute Gasteiger partial charge is 0.0762 e. The Bertz CT molecular complexity index is 284. The van der Waals surface area contributed by atoms with E-state index in [0.29, 0.717) is 10.9 Å². The van der Waals surface area contributed by atoms with E-state index in [-0.39, 0.29) is 5.92 Å². The quantitative estimate of drug-likeness (QED) is 0.749. The lowest BCUT2D eigenvalue weighted by atomic mass is 9.92. The van der Waals surface area contributed by atoms with Gasteiger partial charge in [-0.05, 0) is 12.1 Å². The van der Waals surface area contributed by atoms with E-state index in [9.17, 15) is 0 Å². The molecular weight excluding hydrogens is 180 g/mol. The number of hydrogen-bond donors (Lipinski definition) is 1. The van der Waals surface area contributed by atoms with Crippen LogP contribution >= 0.6 is 12.2 Å². The van der Waals surface area contributed by atoms with Crippen molar-refractivity contribution in [1.82, 2.24) is 4.98 Å². The lowest BCUT2D eigenvalue weighted by Crippen LogP contribution is -2.23. The molecule has 70 valence electrons. The molecule has 1 aromatic heterocycles. The third-order valence-electron chi connectivity index (χ3n) is 2.35. The van der Waals surface area contributed by atoms with Crippen LogP contribution in [-0.4, -0.2) is 9.97 Å². The maximum absolute atomic E-state index is 5.58. The third kappa shape index (κ3) is 2.49. The van der Waals surface area contributed by atoms with Crippen LogP contribution in [0.15, 0.2) is 24.4 Å². The van der Waals surface area contributed by atoms with E-state index in [1.165, 1.54) is 0 Å². The van der Waals surface area contributed by atoms with Crippen molar-refractivity contribution in [2.45, 2.75) is 19.8 Å². The molecule has 0 amide bonds. The monoisotopic (exact) mass is 194 g/mol. The molecule has 0 aliphatic carbocycles. The van der Waals surface area contributed by atoms with Gasteiger partial charge >= 0.3 is 0 Å². The molecule has 2 nitrogen and oxygen atoms in total. The maximum Gasteiger partial charge on any atom is 0.0762 e. The van der Waals surface area contributed by atoms with Gasteiger partial charge in [0, 0.05) is 23.7 Å². The van der Waals surface area contributed by atoms with Crippen molar-refractivity contribution in [3.8, 4) is 0 Å². The van der Waals surface area contributed by atoms with Crippen LogP contribution in [0.1, 0.15) is 25.5 Å². The number of aromatic nitrogens is 1. The Morgan fingerprint density at radius 1 is 1.46 bits per heavy atom. The molecule has 2 N–H and O–H groups in total. The molecule has 0 aromatic carbocycles. The summed E-state index contributed by atoms with van der Waals surface area (Å²) in [6, 6.07) is 5.88. The van der Waals surface area contributed by atoms with Crippen LogP contribution in [0.4, 0.5) is 0 Å². The Morgan fingerprint density at radius 2 is 2.15 bits per heavy atom. The minimum Gasteiger partial charge on any atom is -0.393 e. The van der Waals surface area contributed by atoms with E-state index in [4.69, 9.17) is 18.0 Å². The van der Waals surface area contributed by atoms with E-state index >= 15 is 0 Å². The SMILES string of the molecule is CC(C(N)=S)C(C)c1ccccn1. The van der Waals surface area contributed by atoms with E-state index in [1.54, 1.807) is 6.20 Å². The van der Waals surface area contributed by atoms with Crippen LogP contribution in [0.3, 0.4) is 0 Å². The van der Waals surface area contributed by atoms with Crippen LogP contribution in [0.25, 0.3) is 0 Å². The Balaban J connectivity index is 2.79. The first-order valence-corrected chi connectivity index (χ1v) is 4.74. The second-order valence-electron chi connectivity index (χ2n) is 3.23. The zero-order valence-electron chi connectivity index (χ0n) is 7.90. The highest BCUT2D eigenvalue weighted by atomic mass is 32.1. The van der Waals surface area contributed by atoms with Crippen molar-refractivity contribution >= 4 is 17.2 Å². The largest absolute Gasteiger partial charge is 0.393 e. The number of pyridine rings is 1. The molecule has 0 aliphatic heterocycles. The van der Waals surface area contributed by atoms with Gasteiger partial charge in [0.05, 0.1) is 4.99 Å². The average Bonchev–Trinajstić information content (AvgIpc) is 2.17. The molecule has 3 heteroatoms. The molecule has 2 unspecified atom stereocenters. The van der Waals surface area contributed by atoms with Crippen molar-refractivity contribution in [1.29, 1.82) is 0 Å². The van der Waals surface area contributed by atoms with Gasteiger partial charge in [0.15, 0.2) is 0 Å². The Labute approximate surface area is 84.2 Å². The molecule has 0 radical (unpaired) electrons. The fraction of sp³-hybridized carbons (Fsp3) is 0.400. The second-order valence-corrected chi connectivity index (χ2v) is 3.71. The Morgan fingerprint density at radius 3 is 2.62 bits per heavy atom. The summed E-state index contributed by atoms with van der Waals surface area (Å²) < 4.78 is 0. The van der Waals surface area contributed by atoms with E-state index in [1.807, 2.05) is 25.1 Å². The van der Waals surface area contributed by atoms with Gasteiger partial charge in [0.2, 0.25) is 0 Å². The number of nitrogens with zero attached hydrogens (tertiary/aromatic N) is 1. The van der Waals surface area contributed by atoms with Gasteiger partial charge in [-0.2, -0.15) is 0 Å². The summed E-state index contributed by atoms with van der Waals surface area (Å²) in [5, 5.41) is 0. The number of rotatable bonds is 3. The number of hydrogen-bond acceptors (Lipinski definition) is 2. The minimum absolute atomic E-state index is 0.199. The lowest BCUT2D eigenvalue weighted by Gasteiger charge is -2.17. The van der Waals surface area contributed by atoms with Crippen molar-refractivity contribution in [2.24, 2.45) is 11.7 Å². The van der Waals surface area contributed by atoms with E-state index in [0.717, 1.165) is 5.69 Å². The third-order valence-corrected chi connectivity index (χ3v) is 2.72. The van der Waals surface area contributed by atoms with Crippen molar-refractivity contribution < 1.29 is 0 Å². The Hall–Kier alpha value is -0.960. The zero-order chi connectivity index (χ0) is 9.84. The summed E-state index contributed by atoms with van der Waals surface area (Å²) in [6.45, 7) is 4.12. The van der Waals surface area contributed by atoms with Gasteiger partial charge in [-0.15, -0.1) is 0 Å². The molecular formula is C10H14N2S. The summed E-state index contributed by atoms with van der Waals surface area (Å²) in [5.41, 5.74) is 6.62. The summed E-state index contributed by atoms with van der Waals surface area (Å²) in [6.07, 6.45) is 1.79. The van der Waals surface area contributed by atoms with Crippen LogP contribution in [0.5, 0.6) is 0 Å². The number of nitrogens with two attached hydrogens (primary N) is 1. The van der Waals surface area contributed by atoms with Gasteiger partial charge in [-0.1, -0.05) is 32.1 Å². The first-order valence-electron chi connectivity index (χ1n) is 4.33. The van der Waals surface area contributed by atoms with Gasteiger partial charge in [-0.25, -0.2) is 0 Å². The topological polar surface area (TPSA) is 38.9 Å². The lowest BCUT2D eigenvalue weighted by molar-refractivity contribution is 0.610. The fourth-order valence-corrected chi connectivity index (χ4v) is 1.35. The number of thiocarbonyl (C=S) groups is 1. The molecule has 0 bridgehead atoms. The summed E-state index contributed by atoms with van der Waals surface area (Å²) in [4.78, 5) is 4.82. The molecule has 1 aromatic rings. The second kappa shape index (κ2) is 4.33. The molecule has 2 atom stereocenters. The van der Waals surface area contributed by atoms with Crippen LogP contribution in [0.2, 0.25) is 0 Å². The Kier molecular flexibility index (Phi) is 3.37. The first-order chi connectivity index (χ1) is 6.13. The van der Waals surface area contributed by atoms with Gasteiger partial charge < -0.3 is 5.73 Å². The van der Waals surface area contributed by atoms with E-state index in [2.05, 4.69) is 11.9 Å². The van der Waals surface area contributed by atoms with Gasteiger partial charge in [0.25, 0.3) is 0 Å². The zero-order valence-corrected chi connectivity index (χ0v) is 8.71. The van der Waals surface area contributed by atoms with E-state index < -0.39 is 0 Å². The van der Waals surface area contributed by atoms with Crippen LogP contribution in [-0.2, 0) is 0 Å². The van der Waals surface area contributed by atoms with Crippen molar-refractivity contribution in [3.05, 3.63) is 30.1 Å². The highest BCUT2D eigenvalue weighted by Gasteiger charge is 2.16. The summed E-state index contributed by atoms with van der Waals surface area (Å²) in [5.74, 6) is 0.489. The molecule has 0 aliphatic rings. The molecule has 0 fully saturated rings. The highest BCUT2D eigenvalue weighted by molar-refractivity contribution is 7.80. The predicted molar refractivity (Wildman–Crippen MR) is 58.6 cm³/mol. The van der Waals surface area contributed by atoms with Gasteiger partial charge in [0.1, 0.15) is 0 Å². The highest BCUT2D eigenvalue weighted by Crippen LogP contribution is 2.21. The molecule has 0 saturated heterocycles. The fourth-order valence-electron chi connectivity index (χ4n) is 1.15. The predicted octanol–water partition coefficient (Wildman–Crippen LogP) is 2.11. The molecule has 13 heavy (non-hydrogen) atoms. The van der Waals surface area contributed by atoms with Crippen molar-refractivity contribution in [3.63, 3.8) is 0 Å². The standard InChI is InChI=1S/C10H14N2S/c1-7(8(2)10(11)13)9-5-3-4-6-12-9/h3-8H,1-2H3,(H2,11,13). The first kappa shape index (κ1) is 10.1. The van der Waals surface area contributed by atoms with Crippen LogP contribution < -0.4 is 5.73 Å². The summed E-state index contributed by atoms with van der Waals surface area (Å²) in [7, 11) is 0. The van der Waals surface area contributed by atoms with Crippen LogP contribution in [0, 0.1) is 5.92 Å². The molecule has 1 heterocycles. The molecule has 1 rings (SSSR count). The molecule has 0 saturated carbocycles. The molecule has 0 spiro atoms.